The van der Waals surface area contributed by atoms with Crippen molar-refractivity contribution in [2.24, 2.45) is 5.73 Å². The summed E-state index contributed by atoms with van der Waals surface area (Å²) in [6, 6.07) is 15.6. The molecule has 128 valence electrons. The molecule has 0 unspecified atom stereocenters. The molecule has 3 aromatic rings. The molecule has 25 heavy (non-hydrogen) atoms. The fourth-order valence-corrected chi connectivity index (χ4v) is 3.35. The molecule has 5 nitrogen and oxygen atoms in total. The number of hydrogen-bond donors (Lipinski definition) is 2. The van der Waals surface area contributed by atoms with Gasteiger partial charge in [-0.25, -0.2) is 4.79 Å². The highest BCUT2D eigenvalue weighted by Gasteiger charge is 2.07. The van der Waals surface area contributed by atoms with Crippen LogP contribution in [0, 0.1) is 5.41 Å². The molecule has 1 aromatic heterocycles. The molecule has 0 atom stereocenters. The average Bonchev–Trinajstić information content (AvgIpc) is 3.04. The fraction of sp³-hybridized carbons (Fsp3) is 0.158. The largest absolute Gasteiger partial charge is 0.482 e. The van der Waals surface area contributed by atoms with Gasteiger partial charge in [-0.1, -0.05) is 18.2 Å². The minimum atomic E-state index is -0.379. The summed E-state index contributed by atoms with van der Waals surface area (Å²) in [5, 5.41) is 8.61. The van der Waals surface area contributed by atoms with Crippen LogP contribution in [0.1, 0.15) is 11.8 Å². The smallest absolute Gasteiger partial charge is 0.344 e. The number of benzene rings is 2. The number of esters is 1. The Morgan fingerprint density at radius 1 is 1.12 bits per heavy atom. The Hall–Kier alpha value is -2.86. The van der Waals surface area contributed by atoms with Gasteiger partial charge < -0.3 is 15.2 Å². The lowest BCUT2D eigenvalue weighted by Crippen LogP contribution is -2.14. The van der Waals surface area contributed by atoms with Crippen molar-refractivity contribution in [1.29, 1.82) is 5.41 Å². The molecule has 1 heterocycles. The first-order valence-corrected chi connectivity index (χ1v) is 8.65. The lowest BCUT2D eigenvalue weighted by Gasteiger charge is -2.07. The van der Waals surface area contributed by atoms with Gasteiger partial charge in [0, 0.05) is 4.70 Å². The van der Waals surface area contributed by atoms with Crippen LogP contribution >= 0.6 is 11.3 Å². The minimum Gasteiger partial charge on any atom is -0.482 e. The molecule has 0 aliphatic carbocycles. The highest BCUT2D eigenvalue weighted by molar-refractivity contribution is 7.20. The van der Waals surface area contributed by atoms with Crippen LogP contribution in [0.25, 0.3) is 21.2 Å². The summed E-state index contributed by atoms with van der Waals surface area (Å²) < 4.78 is 11.3. The van der Waals surface area contributed by atoms with Gasteiger partial charge in [0.15, 0.2) is 6.61 Å². The van der Waals surface area contributed by atoms with Crippen molar-refractivity contribution < 1.29 is 14.3 Å². The van der Waals surface area contributed by atoms with Crippen molar-refractivity contribution in [3.8, 4) is 16.9 Å². The number of thiophene rings is 1. The number of nitrogens with two attached hydrogens (primary N) is 1. The molecule has 3 rings (SSSR count). The quantitative estimate of drug-likeness (QED) is 0.401. The third kappa shape index (κ3) is 3.97. The average molecular weight is 354 g/mol. The maximum Gasteiger partial charge on any atom is 0.344 e. The van der Waals surface area contributed by atoms with E-state index in [4.69, 9.17) is 20.6 Å². The van der Waals surface area contributed by atoms with Crippen LogP contribution < -0.4 is 10.5 Å². The van der Waals surface area contributed by atoms with E-state index >= 15 is 0 Å². The first-order valence-electron chi connectivity index (χ1n) is 7.83. The monoisotopic (exact) mass is 354 g/mol. The van der Waals surface area contributed by atoms with Gasteiger partial charge in [-0.3, -0.25) is 5.41 Å². The Kier molecular flexibility index (Phi) is 5.00. The number of nitrogen functional groups attached to an aromatic ring is 1. The predicted molar refractivity (Wildman–Crippen MR) is 100 cm³/mol. The van der Waals surface area contributed by atoms with Crippen LogP contribution in [0.4, 0.5) is 0 Å². The van der Waals surface area contributed by atoms with Gasteiger partial charge in [-0.15, -0.1) is 11.3 Å². The van der Waals surface area contributed by atoms with Crippen LogP contribution in [0.15, 0.2) is 48.5 Å². The van der Waals surface area contributed by atoms with E-state index in [2.05, 4.69) is 6.07 Å². The van der Waals surface area contributed by atoms with Crippen molar-refractivity contribution in [1.82, 2.24) is 0 Å². The normalized spacial score (nSPS) is 10.6. The van der Waals surface area contributed by atoms with Crippen molar-refractivity contribution in [2.45, 2.75) is 6.92 Å². The minimum absolute atomic E-state index is 0.0888. The first-order chi connectivity index (χ1) is 12.1. The molecular weight excluding hydrogens is 336 g/mol. The number of carbonyl (C=O) groups excluding carboxylic acids is 1. The summed E-state index contributed by atoms with van der Waals surface area (Å²) in [6.07, 6.45) is 0. The van der Waals surface area contributed by atoms with E-state index in [1.165, 1.54) is 11.3 Å². The molecule has 6 heteroatoms. The number of hydrogen-bond acceptors (Lipinski definition) is 5. The van der Waals surface area contributed by atoms with Gasteiger partial charge >= 0.3 is 5.97 Å². The summed E-state index contributed by atoms with van der Waals surface area (Å²) in [5.41, 5.74) is 7.67. The van der Waals surface area contributed by atoms with Gasteiger partial charge in [-0.2, -0.15) is 0 Å². The lowest BCUT2D eigenvalue weighted by molar-refractivity contribution is -0.145. The van der Waals surface area contributed by atoms with Gasteiger partial charge in [0.2, 0.25) is 0 Å². The molecule has 0 aliphatic heterocycles. The SMILES string of the molecule is CCOC(=O)COc1ccc(-c2ccc3sc(C(=N)N)cc3c2)cc1. The Morgan fingerprint density at radius 2 is 1.84 bits per heavy atom. The molecule has 0 saturated heterocycles. The maximum absolute atomic E-state index is 11.3. The van der Waals surface area contributed by atoms with Crippen LogP contribution in [0.3, 0.4) is 0 Å². The van der Waals surface area contributed by atoms with Crippen LogP contribution in [-0.2, 0) is 9.53 Å². The maximum atomic E-state index is 11.3. The summed E-state index contributed by atoms with van der Waals surface area (Å²) in [4.78, 5) is 12.1. The molecule has 2 aromatic carbocycles. The second-order valence-corrected chi connectivity index (χ2v) is 6.48. The van der Waals surface area contributed by atoms with E-state index in [0.29, 0.717) is 12.4 Å². The van der Waals surface area contributed by atoms with Crippen molar-refractivity contribution in [3.63, 3.8) is 0 Å². The van der Waals surface area contributed by atoms with Crippen molar-refractivity contribution in [2.75, 3.05) is 13.2 Å². The van der Waals surface area contributed by atoms with E-state index in [1.807, 2.05) is 42.5 Å². The zero-order valence-electron chi connectivity index (χ0n) is 13.7. The zero-order valence-corrected chi connectivity index (χ0v) is 14.6. The molecule has 3 N–H and O–H groups in total. The molecule has 0 fully saturated rings. The van der Waals surface area contributed by atoms with Crippen molar-refractivity contribution >= 4 is 33.2 Å². The topological polar surface area (TPSA) is 85.4 Å². The number of carbonyl (C=O) groups is 1. The standard InChI is InChI=1S/C19H18N2O3S/c1-2-23-18(22)11-24-15-6-3-12(4-7-15)13-5-8-16-14(9-13)10-17(25-16)19(20)21/h3-10H,2,11H2,1H3,(H3,20,21). The molecule has 0 radical (unpaired) electrons. The molecule has 0 amide bonds. The summed E-state index contributed by atoms with van der Waals surface area (Å²) in [6.45, 7) is 2.01. The first kappa shape index (κ1) is 17.0. The lowest BCUT2D eigenvalue weighted by atomic mass is 10.0. The predicted octanol–water partition coefficient (Wildman–Crippen LogP) is 3.79. The van der Waals surface area contributed by atoms with E-state index in [-0.39, 0.29) is 18.4 Å². The third-order valence-electron chi connectivity index (χ3n) is 3.63. The van der Waals surface area contributed by atoms with Gasteiger partial charge in [0.1, 0.15) is 11.6 Å². The van der Waals surface area contributed by atoms with Gasteiger partial charge in [0.05, 0.1) is 11.5 Å². The molecule has 0 spiro atoms. The molecule has 0 aliphatic rings. The second kappa shape index (κ2) is 7.36. The number of ether oxygens (including phenoxy) is 2. The fourth-order valence-electron chi connectivity index (χ4n) is 2.44. The summed E-state index contributed by atoms with van der Waals surface area (Å²) in [5.74, 6) is 0.328. The van der Waals surface area contributed by atoms with E-state index < -0.39 is 0 Å². The number of nitrogens with one attached hydrogen (secondary N) is 1. The molecule has 0 bridgehead atoms. The molecule has 0 saturated carbocycles. The number of amidine groups is 1. The molecular formula is C19H18N2O3S. The van der Waals surface area contributed by atoms with Crippen LogP contribution in [0.5, 0.6) is 5.75 Å². The summed E-state index contributed by atoms with van der Waals surface area (Å²) in [7, 11) is 0. The van der Waals surface area contributed by atoms with E-state index in [9.17, 15) is 4.79 Å². The van der Waals surface area contributed by atoms with Crippen LogP contribution in [-0.4, -0.2) is 25.0 Å². The summed E-state index contributed by atoms with van der Waals surface area (Å²) >= 11 is 1.51. The van der Waals surface area contributed by atoms with E-state index in [1.54, 1.807) is 6.92 Å². The van der Waals surface area contributed by atoms with Gasteiger partial charge in [-0.05, 0) is 53.8 Å². The Morgan fingerprint density at radius 3 is 2.52 bits per heavy atom. The number of fused-ring (bicyclic) bond motifs is 1. The van der Waals surface area contributed by atoms with E-state index in [0.717, 1.165) is 26.1 Å². The van der Waals surface area contributed by atoms with Crippen LogP contribution in [0.2, 0.25) is 0 Å². The third-order valence-corrected chi connectivity index (χ3v) is 4.78. The second-order valence-electron chi connectivity index (χ2n) is 5.40. The Balaban J connectivity index is 1.76. The Labute approximate surface area is 149 Å². The highest BCUT2D eigenvalue weighted by Crippen LogP contribution is 2.30. The number of rotatable bonds is 6. The Bertz CT molecular complexity index is 916. The highest BCUT2D eigenvalue weighted by atomic mass is 32.1. The zero-order chi connectivity index (χ0) is 17.8. The van der Waals surface area contributed by atoms with Gasteiger partial charge in [0.25, 0.3) is 0 Å². The van der Waals surface area contributed by atoms with Crippen molar-refractivity contribution in [3.05, 3.63) is 53.4 Å².